The Kier molecular flexibility index (Phi) is 12.8. The number of hydrogen-bond acceptors (Lipinski definition) is 1. The minimum atomic E-state index is 0.104. The highest BCUT2D eigenvalue weighted by Crippen LogP contribution is 2.29. The number of amides is 1. The summed E-state index contributed by atoms with van der Waals surface area (Å²) in [4.78, 5) is 12.5. The summed E-state index contributed by atoms with van der Waals surface area (Å²) in [6.45, 7) is 14.6. The van der Waals surface area contributed by atoms with Gasteiger partial charge in [-0.1, -0.05) is 91.6 Å². The Balaban J connectivity index is 0.00000134. The number of hydrogen-bond donors (Lipinski definition) is 1. The first-order valence-corrected chi connectivity index (χ1v) is 10.2. The lowest BCUT2D eigenvalue weighted by Crippen LogP contribution is -2.44. The van der Waals surface area contributed by atoms with Crippen LogP contribution in [0.2, 0.25) is 0 Å². The molecule has 2 heteroatoms. The van der Waals surface area contributed by atoms with Crippen molar-refractivity contribution in [1.29, 1.82) is 0 Å². The predicted octanol–water partition coefficient (Wildman–Crippen LogP) is 6.47. The quantitative estimate of drug-likeness (QED) is 0.622. The zero-order valence-corrected chi connectivity index (χ0v) is 17.4. The van der Waals surface area contributed by atoms with E-state index in [-0.39, 0.29) is 5.91 Å². The lowest BCUT2D eigenvalue weighted by molar-refractivity contribution is -0.118. The molecule has 1 amide bonds. The molecule has 1 aliphatic carbocycles. The fraction of sp³-hybridized carbons (Fsp3) is 0.609. The summed E-state index contributed by atoms with van der Waals surface area (Å²) in [6, 6.07) is 10.4. The molecule has 0 heterocycles. The molecular formula is C23H39NO. The highest BCUT2D eigenvalue weighted by molar-refractivity contribution is 5.97. The molecule has 1 N–H and O–H groups in total. The number of benzene rings is 1. The molecule has 1 fully saturated rings. The van der Waals surface area contributed by atoms with Crippen LogP contribution in [0.15, 0.2) is 35.9 Å². The monoisotopic (exact) mass is 345 g/mol. The zero-order chi connectivity index (χ0) is 19.2. The maximum absolute atomic E-state index is 12.5. The largest absolute Gasteiger partial charge is 0.349 e. The van der Waals surface area contributed by atoms with Crippen molar-refractivity contribution in [3.63, 3.8) is 0 Å². The Morgan fingerprint density at radius 3 is 2.24 bits per heavy atom. The second-order valence-electron chi connectivity index (χ2n) is 6.28. The molecule has 0 aromatic heterocycles. The maximum Gasteiger partial charge on any atom is 0.247 e. The van der Waals surface area contributed by atoms with E-state index in [1.54, 1.807) is 0 Å². The fourth-order valence-electron chi connectivity index (χ4n) is 3.13. The van der Waals surface area contributed by atoms with Gasteiger partial charge in [-0.05, 0) is 36.3 Å². The molecule has 0 aliphatic heterocycles. The molecule has 3 unspecified atom stereocenters. The van der Waals surface area contributed by atoms with Crippen LogP contribution in [0.1, 0.15) is 79.7 Å². The van der Waals surface area contributed by atoms with Crippen molar-refractivity contribution in [1.82, 2.24) is 5.32 Å². The topological polar surface area (TPSA) is 29.1 Å². The summed E-state index contributed by atoms with van der Waals surface area (Å²) in [6.07, 6.45) is 6.39. The second-order valence-corrected chi connectivity index (χ2v) is 6.28. The third-order valence-corrected chi connectivity index (χ3v) is 4.84. The predicted molar refractivity (Wildman–Crippen MR) is 112 cm³/mol. The van der Waals surface area contributed by atoms with Crippen LogP contribution in [-0.2, 0) is 4.79 Å². The van der Waals surface area contributed by atoms with Gasteiger partial charge in [0.05, 0.1) is 0 Å². The lowest BCUT2D eigenvalue weighted by atomic mass is 9.78. The molecule has 2 nitrogen and oxygen atoms in total. The smallest absolute Gasteiger partial charge is 0.247 e. The molecule has 1 aromatic rings. The van der Waals surface area contributed by atoms with Gasteiger partial charge in [-0.2, -0.15) is 0 Å². The first-order valence-electron chi connectivity index (χ1n) is 10.2. The van der Waals surface area contributed by atoms with Gasteiger partial charge in [-0.25, -0.2) is 0 Å². The number of carbonyl (C=O) groups excluding carboxylic acids is 1. The Morgan fingerprint density at radius 2 is 1.68 bits per heavy atom. The van der Waals surface area contributed by atoms with Crippen molar-refractivity contribution in [2.75, 3.05) is 0 Å². The summed E-state index contributed by atoms with van der Waals surface area (Å²) < 4.78 is 0. The van der Waals surface area contributed by atoms with E-state index in [0.717, 1.165) is 24.0 Å². The molecule has 25 heavy (non-hydrogen) atoms. The van der Waals surface area contributed by atoms with Crippen LogP contribution in [-0.4, -0.2) is 11.9 Å². The molecule has 0 radical (unpaired) electrons. The first-order chi connectivity index (χ1) is 12.1. The number of nitrogens with one attached hydrogen (secondary N) is 1. The van der Waals surface area contributed by atoms with E-state index < -0.39 is 0 Å². The molecule has 2 rings (SSSR count). The van der Waals surface area contributed by atoms with Crippen molar-refractivity contribution in [2.24, 2.45) is 11.8 Å². The molecule has 142 valence electrons. The van der Waals surface area contributed by atoms with Gasteiger partial charge in [0.1, 0.15) is 0 Å². The van der Waals surface area contributed by atoms with Crippen molar-refractivity contribution in [3.05, 3.63) is 41.5 Å². The first kappa shape index (κ1) is 23.4. The van der Waals surface area contributed by atoms with Gasteiger partial charge in [0, 0.05) is 11.6 Å². The van der Waals surface area contributed by atoms with Crippen LogP contribution < -0.4 is 5.32 Å². The van der Waals surface area contributed by atoms with Crippen molar-refractivity contribution in [2.45, 2.75) is 80.2 Å². The van der Waals surface area contributed by atoms with Crippen LogP contribution in [0.3, 0.4) is 0 Å². The molecular weight excluding hydrogens is 306 g/mol. The van der Waals surface area contributed by atoms with Gasteiger partial charge >= 0.3 is 0 Å². The summed E-state index contributed by atoms with van der Waals surface area (Å²) >= 11 is 0. The Morgan fingerprint density at radius 1 is 1.08 bits per heavy atom. The van der Waals surface area contributed by atoms with E-state index in [2.05, 4.69) is 19.2 Å². The third kappa shape index (κ3) is 7.90. The second kappa shape index (κ2) is 13.7. The molecule has 3 atom stereocenters. The van der Waals surface area contributed by atoms with Crippen LogP contribution in [0.5, 0.6) is 0 Å². The molecule has 1 aromatic carbocycles. The van der Waals surface area contributed by atoms with Crippen LogP contribution in [0.25, 0.3) is 6.08 Å². The van der Waals surface area contributed by atoms with E-state index in [1.807, 2.05) is 71.0 Å². The van der Waals surface area contributed by atoms with Crippen molar-refractivity contribution >= 4 is 12.0 Å². The average molecular weight is 346 g/mol. The van der Waals surface area contributed by atoms with E-state index in [1.165, 1.54) is 12.8 Å². The maximum atomic E-state index is 12.5. The van der Waals surface area contributed by atoms with Gasteiger partial charge in [-0.15, -0.1) is 0 Å². The molecule has 1 saturated carbocycles. The van der Waals surface area contributed by atoms with Crippen molar-refractivity contribution < 1.29 is 4.79 Å². The van der Waals surface area contributed by atoms with E-state index in [4.69, 9.17) is 0 Å². The molecule has 0 spiro atoms. The van der Waals surface area contributed by atoms with E-state index in [0.29, 0.717) is 17.9 Å². The van der Waals surface area contributed by atoms with Gasteiger partial charge in [0.25, 0.3) is 0 Å². The summed E-state index contributed by atoms with van der Waals surface area (Å²) in [5, 5.41) is 3.26. The summed E-state index contributed by atoms with van der Waals surface area (Å²) in [5.74, 6) is 1.37. The van der Waals surface area contributed by atoms with E-state index in [9.17, 15) is 4.79 Å². The normalized spacial score (nSPS) is 22.7. The molecule has 1 aliphatic rings. The zero-order valence-electron chi connectivity index (χ0n) is 17.4. The summed E-state index contributed by atoms with van der Waals surface area (Å²) in [5.41, 5.74) is 1.96. The van der Waals surface area contributed by atoms with Gasteiger partial charge in [0.15, 0.2) is 0 Å². The Bertz CT molecular complexity index is 492. The highest BCUT2D eigenvalue weighted by Gasteiger charge is 2.28. The molecule has 0 bridgehead atoms. The standard InChI is InChI=1S/C19H27NO.2C2H6/c1-4-17(13-16-10-6-5-7-11-16)19(21)20-18-12-8-9-14(2)15(18)3;2*1-2/h5-7,10-11,13-15,18H,4,8-9,12H2,1-3H3,(H,20,21);2*1-2H3/b17-13+;;. The Labute approximate surface area is 156 Å². The fourth-order valence-corrected chi connectivity index (χ4v) is 3.13. The van der Waals surface area contributed by atoms with Crippen LogP contribution >= 0.6 is 0 Å². The third-order valence-electron chi connectivity index (χ3n) is 4.84. The minimum Gasteiger partial charge on any atom is -0.349 e. The lowest BCUT2D eigenvalue weighted by Gasteiger charge is -2.34. The SMILES string of the molecule is CC.CC.CC/C(=C\c1ccccc1)C(=O)NC1CCCC(C)C1C. The average Bonchev–Trinajstić information content (AvgIpc) is 2.67. The van der Waals surface area contributed by atoms with Crippen LogP contribution in [0.4, 0.5) is 0 Å². The van der Waals surface area contributed by atoms with Crippen molar-refractivity contribution in [3.8, 4) is 0 Å². The van der Waals surface area contributed by atoms with E-state index >= 15 is 0 Å². The highest BCUT2D eigenvalue weighted by atomic mass is 16.1. The van der Waals surface area contributed by atoms with Gasteiger partial charge < -0.3 is 5.32 Å². The Hall–Kier alpha value is -1.57. The molecule has 0 saturated heterocycles. The summed E-state index contributed by atoms with van der Waals surface area (Å²) in [7, 11) is 0. The van der Waals surface area contributed by atoms with Crippen LogP contribution in [0, 0.1) is 11.8 Å². The van der Waals surface area contributed by atoms with Gasteiger partial charge in [-0.3, -0.25) is 4.79 Å². The number of rotatable bonds is 4. The minimum absolute atomic E-state index is 0.104. The van der Waals surface area contributed by atoms with Gasteiger partial charge in [0.2, 0.25) is 5.91 Å². The number of carbonyl (C=O) groups is 1.